The molecule has 0 radical (unpaired) electrons. The van der Waals surface area contributed by atoms with Crippen LogP contribution in [-0.4, -0.2) is 14.1 Å². The first-order valence-corrected chi connectivity index (χ1v) is 3.52. The lowest BCUT2D eigenvalue weighted by Crippen LogP contribution is -2.10. The minimum absolute atomic E-state index is 0.361. The number of benzene rings is 1. The SMILES string of the molecule is CN(C)c1ccc(F)cc1C#N. The topological polar surface area (TPSA) is 27.0 Å². The average molecular weight is 164 g/mol. The van der Waals surface area contributed by atoms with Gasteiger partial charge in [-0.2, -0.15) is 5.26 Å². The Balaban J connectivity index is 3.23. The highest BCUT2D eigenvalue weighted by atomic mass is 19.1. The summed E-state index contributed by atoms with van der Waals surface area (Å²) in [7, 11) is 3.63. The lowest BCUT2D eigenvalue weighted by molar-refractivity contribution is 0.627. The molecule has 0 N–H and O–H groups in total. The lowest BCUT2D eigenvalue weighted by Gasteiger charge is -2.13. The minimum atomic E-state index is -0.378. The van der Waals surface area contributed by atoms with Crippen molar-refractivity contribution >= 4 is 5.69 Å². The highest BCUT2D eigenvalue weighted by Crippen LogP contribution is 2.18. The molecule has 0 saturated heterocycles. The van der Waals surface area contributed by atoms with Gasteiger partial charge in [0.2, 0.25) is 0 Å². The third-order valence-corrected chi connectivity index (χ3v) is 1.56. The first kappa shape index (κ1) is 8.54. The van der Waals surface area contributed by atoms with E-state index >= 15 is 0 Å². The molecule has 0 atom stereocenters. The maximum Gasteiger partial charge on any atom is 0.124 e. The van der Waals surface area contributed by atoms with E-state index in [0.29, 0.717) is 5.56 Å². The van der Waals surface area contributed by atoms with Gasteiger partial charge in [0.05, 0.1) is 11.3 Å². The van der Waals surface area contributed by atoms with Gasteiger partial charge in [0.1, 0.15) is 11.9 Å². The Morgan fingerprint density at radius 3 is 2.58 bits per heavy atom. The van der Waals surface area contributed by atoms with Gasteiger partial charge in [0.15, 0.2) is 0 Å². The van der Waals surface area contributed by atoms with Gasteiger partial charge in [-0.15, -0.1) is 0 Å². The van der Waals surface area contributed by atoms with Crippen molar-refractivity contribution in [3.05, 3.63) is 29.6 Å². The summed E-state index contributed by atoms with van der Waals surface area (Å²) in [4.78, 5) is 1.78. The molecule has 0 heterocycles. The van der Waals surface area contributed by atoms with Crippen LogP contribution in [0.2, 0.25) is 0 Å². The van der Waals surface area contributed by atoms with Crippen molar-refractivity contribution in [2.45, 2.75) is 0 Å². The summed E-state index contributed by atoms with van der Waals surface area (Å²) in [5, 5.41) is 8.65. The summed E-state index contributed by atoms with van der Waals surface area (Å²) in [6, 6.07) is 6.10. The maximum atomic E-state index is 12.6. The fourth-order valence-corrected chi connectivity index (χ4v) is 0.988. The number of anilines is 1. The normalized spacial score (nSPS) is 9.17. The molecule has 62 valence electrons. The molecule has 0 amide bonds. The third kappa shape index (κ3) is 1.54. The molecule has 0 spiro atoms. The van der Waals surface area contributed by atoms with Crippen molar-refractivity contribution in [3.63, 3.8) is 0 Å². The minimum Gasteiger partial charge on any atom is -0.377 e. The van der Waals surface area contributed by atoms with E-state index in [-0.39, 0.29) is 5.82 Å². The second-order valence-electron chi connectivity index (χ2n) is 2.67. The van der Waals surface area contributed by atoms with Crippen LogP contribution in [0.15, 0.2) is 18.2 Å². The largest absolute Gasteiger partial charge is 0.377 e. The average Bonchev–Trinajstić information content (AvgIpc) is 2.03. The predicted octanol–water partition coefficient (Wildman–Crippen LogP) is 1.76. The van der Waals surface area contributed by atoms with E-state index in [1.165, 1.54) is 12.1 Å². The van der Waals surface area contributed by atoms with Crippen LogP contribution >= 0.6 is 0 Å². The summed E-state index contributed by atoms with van der Waals surface area (Å²) in [6.07, 6.45) is 0. The number of halogens is 1. The number of nitrogens with zero attached hydrogens (tertiary/aromatic N) is 2. The molecule has 1 aromatic carbocycles. The first-order chi connectivity index (χ1) is 5.65. The Morgan fingerprint density at radius 1 is 1.42 bits per heavy atom. The Bertz CT molecular complexity index is 326. The van der Waals surface area contributed by atoms with E-state index in [9.17, 15) is 4.39 Å². The molecule has 12 heavy (non-hydrogen) atoms. The molecular formula is C9H9FN2. The van der Waals surface area contributed by atoms with Crippen LogP contribution in [0.3, 0.4) is 0 Å². The van der Waals surface area contributed by atoms with Crippen LogP contribution < -0.4 is 4.90 Å². The van der Waals surface area contributed by atoms with Crippen molar-refractivity contribution in [1.29, 1.82) is 5.26 Å². The Kier molecular flexibility index (Phi) is 2.29. The van der Waals surface area contributed by atoms with Crippen molar-refractivity contribution < 1.29 is 4.39 Å². The number of hydrogen-bond donors (Lipinski definition) is 0. The molecule has 0 aromatic heterocycles. The van der Waals surface area contributed by atoms with E-state index < -0.39 is 0 Å². The Hall–Kier alpha value is -1.56. The molecule has 1 rings (SSSR count). The molecule has 0 bridgehead atoms. The fraction of sp³-hybridized carbons (Fsp3) is 0.222. The van der Waals surface area contributed by atoms with Crippen LogP contribution in [0.4, 0.5) is 10.1 Å². The van der Waals surface area contributed by atoms with E-state index in [4.69, 9.17) is 5.26 Å². The van der Waals surface area contributed by atoms with Crippen molar-refractivity contribution in [2.75, 3.05) is 19.0 Å². The van der Waals surface area contributed by atoms with E-state index in [0.717, 1.165) is 5.69 Å². The number of nitriles is 1. The van der Waals surface area contributed by atoms with Gasteiger partial charge >= 0.3 is 0 Å². The first-order valence-electron chi connectivity index (χ1n) is 3.52. The predicted molar refractivity (Wildman–Crippen MR) is 45.4 cm³/mol. The van der Waals surface area contributed by atoms with Crippen LogP contribution in [0.5, 0.6) is 0 Å². The molecule has 3 heteroatoms. The molecule has 1 aromatic rings. The summed E-state index contributed by atoms with van der Waals surface area (Å²) in [6.45, 7) is 0. The molecule has 0 aliphatic heterocycles. The summed E-state index contributed by atoms with van der Waals surface area (Å²) in [5.41, 5.74) is 1.10. The van der Waals surface area contributed by atoms with E-state index in [2.05, 4.69) is 0 Å². The number of rotatable bonds is 1. The third-order valence-electron chi connectivity index (χ3n) is 1.56. The zero-order valence-electron chi connectivity index (χ0n) is 7.00. The van der Waals surface area contributed by atoms with Crippen LogP contribution in [0.1, 0.15) is 5.56 Å². The summed E-state index contributed by atoms with van der Waals surface area (Å²) in [5.74, 6) is -0.378. The molecule has 2 nitrogen and oxygen atoms in total. The van der Waals surface area contributed by atoms with Gasteiger partial charge in [-0.1, -0.05) is 0 Å². The van der Waals surface area contributed by atoms with Crippen molar-refractivity contribution in [2.24, 2.45) is 0 Å². The lowest BCUT2D eigenvalue weighted by atomic mass is 10.2. The highest BCUT2D eigenvalue weighted by Gasteiger charge is 2.04. The highest BCUT2D eigenvalue weighted by molar-refractivity contribution is 5.58. The molecule has 0 saturated carbocycles. The zero-order chi connectivity index (χ0) is 9.14. The molecule has 0 fully saturated rings. The molecule has 0 aliphatic carbocycles. The van der Waals surface area contributed by atoms with E-state index in [1.807, 2.05) is 20.2 Å². The number of hydrogen-bond acceptors (Lipinski definition) is 2. The fourth-order valence-electron chi connectivity index (χ4n) is 0.988. The Morgan fingerprint density at radius 2 is 2.08 bits per heavy atom. The molecule has 0 aliphatic rings. The van der Waals surface area contributed by atoms with Crippen LogP contribution in [-0.2, 0) is 0 Å². The van der Waals surface area contributed by atoms with E-state index in [1.54, 1.807) is 11.0 Å². The van der Waals surface area contributed by atoms with Crippen molar-refractivity contribution in [3.8, 4) is 6.07 Å². The second kappa shape index (κ2) is 3.22. The standard InChI is InChI=1S/C9H9FN2/c1-12(2)9-4-3-8(10)5-7(9)6-11/h3-5H,1-2H3. The van der Waals surface area contributed by atoms with Gasteiger partial charge in [0.25, 0.3) is 0 Å². The monoisotopic (exact) mass is 164 g/mol. The van der Waals surface area contributed by atoms with Gasteiger partial charge < -0.3 is 4.90 Å². The summed E-state index contributed by atoms with van der Waals surface area (Å²) < 4.78 is 12.6. The summed E-state index contributed by atoms with van der Waals surface area (Å²) >= 11 is 0. The smallest absolute Gasteiger partial charge is 0.124 e. The van der Waals surface area contributed by atoms with Gasteiger partial charge in [-0.3, -0.25) is 0 Å². The maximum absolute atomic E-state index is 12.6. The zero-order valence-corrected chi connectivity index (χ0v) is 7.00. The second-order valence-corrected chi connectivity index (χ2v) is 2.67. The Labute approximate surface area is 70.8 Å². The van der Waals surface area contributed by atoms with Crippen LogP contribution in [0.25, 0.3) is 0 Å². The van der Waals surface area contributed by atoms with Gasteiger partial charge in [0, 0.05) is 14.1 Å². The van der Waals surface area contributed by atoms with Gasteiger partial charge in [-0.25, -0.2) is 4.39 Å². The van der Waals surface area contributed by atoms with Gasteiger partial charge in [-0.05, 0) is 18.2 Å². The van der Waals surface area contributed by atoms with Crippen LogP contribution in [0, 0.1) is 17.1 Å². The molecular weight excluding hydrogens is 155 g/mol. The van der Waals surface area contributed by atoms with Crippen molar-refractivity contribution in [1.82, 2.24) is 0 Å². The molecule has 0 unspecified atom stereocenters. The quantitative estimate of drug-likeness (QED) is 0.632.